The summed E-state index contributed by atoms with van der Waals surface area (Å²) in [7, 11) is -1.06. The van der Waals surface area contributed by atoms with Crippen LogP contribution in [0.2, 0.25) is 6.32 Å². The van der Waals surface area contributed by atoms with Crippen LogP contribution in [0.1, 0.15) is 22.3 Å². The summed E-state index contributed by atoms with van der Waals surface area (Å²) in [4.78, 5) is 36.0. The normalized spacial score (nSPS) is 17.4. The van der Waals surface area contributed by atoms with Gasteiger partial charge in [-0.15, -0.1) is 0 Å². The quantitative estimate of drug-likeness (QED) is 0.439. The molecular formula is C16H20BN3O7. The van der Waals surface area contributed by atoms with E-state index in [2.05, 4.69) is 0 Å². The van der Waals surface area contributed by atoms with Crippen LogP contribution < -0.4 is 20.9 Å². The van der Waals surface area contributed by atoms with Crippen molar-refractivity contribution in [3.8, 4) is 11.5 Å². The molecule has 2 amide bonds. The summed E-state index contributed by atoms with van der Waals surface area (Å²) in [5, 5.41) is 19.2. The Hall–Kier alpha value is -2.79. The molecule has 1 atom stereocenters. The van der Waals surface area contributed by atoms with Crippen LogP contribution in [0.4, 0.5) is 0 Å². The molecule has 2 aliphatic rings. The van der Waals surface area contributed by atoms with Gasteiger partial charge in [0.05, 0.1) is 25.6 Å². The number of aromatic carboxylic acids is 1. The van der Waals surface area contributed by atoms with Crippen LogP contribution in [-0.4, -0.2) is 65.2 Å². The predicted octanol–water partition coefficient (Wildman–Crippen LogP) is -1.41. The van der Waals surface area contributed by atoms with Crippen molar-refractivity contribution in [2.75, 3.05) is 13.1 Å². The number of fused-ring (bicyclic) bond motifs is 1. The summed E-state index contributed by atoms with van der Waals surface area (Å²) in [5.74, 6) is -2.09. The van der Waals surface area contributed by atoms with E-state index in [-0.39, 0.29) is 36.6 Å². The number of aryl methyl sites for hydroxylation is 1. The highest BCUT2D eigenvalue weighted by atomic mass is 16.5. The summed E-state index contributed by atoms with van der Waals surface area (Å²) in [6, 6.07) is 2.25. The summed E-state index contributed by atoms with van der Waals surface area (Å²) in [5.41, 5.74) is 11.2. The minimum Gasteiger partial charge on any atom is -0.535 e. The molecule has 0 saturated carbocycles. The van der Waals surface area contributed by atoms with Crippen molar-refractivity contribution in [3.63, 3.8) is 0 Å². The first-order chi connectivity index (χ1) is 12.8. The molecule has 27 heavy (non-hydrogen) atoms. The smallest absolute Gasteiger partial charge is 0.522 e. The second kappa shape index (κ2) is 7.45. The first-order valence-corrected chi connectivity index (χ1v) is 8.49. The number of likely N-dealkylation sites (tertiary alicyclic amines) is 1. The number of ether oxygens (including phenoxy) is 1. The van der Waals surface area contributed by atoms with Gasteiger partial charge in [-0.05, 0) is 24.4 Å². The van der Waals surface area contributed by atoms with Gasteiger partial charge in [-0.3, -0.25) is 9.59 Å². The Balaban J connectivity index is 1.67. The van der Waals surface area contributed by atoms with Crippen LogP contribution in [0.5, 0.6) is 11.5 Å². The van der Waals surface area contributed by atoms with E-state index >= 15 is 0 Å². The maximum absolute atomic E-state index is 12.1. The lowest BCUT2D eigenvalue weighted by Gasteiger charge is -2.40. The zero-order valence-electron chi connectivity index (χ0n) is 14.5. The predicted molar refractivity (Wildman–Crippen MR) is 93.3 cm³/mol. The molecule has 2 heterocycles. The van der Waals surface area contributed by atoms with Gasteiger partial charge in [0, 0.05) is 0 Å². The maximum atomic E-state index is 12.1. The zero-order valence-corrected chi connectivity index (χ0v) is 14.5. The Labute approximate surface area is 155 Å². The maximum Gasteiger partial charge on any atom is 0.522 e. The number of amides is 2. The average Bonchev–Trinajstić information content (AvgIpc) is 2.55. The second-order valence-corrected chi connectivity index (χ2v) is 6.60. The molecule has 2 aliphatic heterocycles. The number of hydrogen-bond acceptors (Lipinski definition) is 7. The lowest BCUT2D eigenvalue weighted by atomic mass is 9.78. The Morgan fingerprint density at radius 3 is 2.70 bits per heavy atom. The number of rotatable bonds is 6. The van der Waals surface area contributed by atoms with E-state index < -0.39 is 37.0 Å². The van der Waals surface area contributed by atoms with Crippen molar-refractivity contribution in [1.29, 1.82) is 0 Å². The number of carboxylic acids is 1. The van der Waals surface area contributed by atoms with Crippen LogP contribution in [0.3, 0.4) is 0 Å². The molecule has 3 rings (SSSR count). The molecule has 0 aromatic heterocycles. The zero-order chi connectivity index (χ0) is 19.7. The number of hydrogen-bond donors (Lipinski definition) is 4. The number of carboxylic acid groups (broad SMARTS) is 1. The third-order valence-electron chi connectivity index (χ3n) is 4.52. The molecule has 0 aliphatic carbocycles. The molecule has 1 fully saturated rings. The number of carbonyl (C=O) groups is 3. The molecule has 0 spiro atoms. The van der Waals surface area contributed by atoms with Crippen molar-refractivity contribution in [1.82, 2.24) is 4.90 Å². The lowest BCUT2D eigenvalue weighted by molar-refractivity contribution is -0.142. The highest BCUT2D eigenvalue weighted by molar-refractivity contribution is 6.44. The van der Waals surface area contributed by atoms with Gasteiger partial charge in [0.25, 0.3) is 0 Å². The Morgan fingerprint density at radius 1 is 1.37 bits per heavy atom. The minimum absolute atomic E-state index is 0.105. The van der Waals surface area contributed by atoms with Gasteiger partial charge in [-0.25, -0.2) is 4.79 Å². The molecule has 0 bridgehead atoms. The first kappa shape index (κ1) is 19.0. The number of primary amides is 1. The van der Waals surface area contributed by atoms with Crippen LogP contribution in [0, 0.1) is 0 Å². The molecule has 11 heteroatoms. The number of benzene rings is 1. The van der Waals surface area contributed by atoms with Gasteiger partial charge in [-0.2, -0.15) is 0 Å². The highest BCUT2D eigenvalue weighted by Crippen LogP contribution is 2.37. The van der Waals surface area contributed by atoms with Gasteiger partial charge < -0.3 is 35.9 Å². The first-order valence-electron chi connectivity index (χ1n) is 8.49. The van der Waals surface area contributed by atoms with Crippen molar-refractivity contribution in [3.05, 3.63) is 23.3 Å². The van der Waals surface area contributed by atoms with Gasteiger partial charge in [0.2, 0.25) is 11.8 Å². The van der Waals surface area contributed by atoms with Gasteiger partial charge in [0.15, 0.2) is 0 Å². The van der Waals surface area contributed by atoms with E-state index in [1.165, 1.54) is 4.90 Å². The van der Waals surface area contributed by atoms with Crippen molar-refractivity contribution < 1.29 is 33.9 Å². The fourth-order valence-electron chi connectivity index (χ4n) is 3.12. The van der Waals surface area contributed by atoms with Crippen LogP contribution >= 0.6 is 0 Å². The Bertz CT molecular complexity index is 782. The summed E-state index contributed by atoms with van der Waals surface area (Å²) >= 11 is 0. The average molecular weight is 377 g/mol. The Morgan fingerprint density at radius 2 is 2.07 bits per heavy atom. The van der Waals surface area contributed by atoms with Crippen LogP contribution in [0.25, 0.3) is 0 Å². The van der Waals surface area contributed by atoms with E-state index in [0.717, 1.165) is 0 Å². The van der Waals surface area contributed by atoms with Crippen LogP contribution in [0.15, 0.2) is 12.1 Å². The summed E-state index contributed by atoms with van der Waals surface area (Å²) in [6.45, 7) is 0.426. The molecule has 1 saturated heterocycles. The lowest BCUT2D eigenvalue weighted by Crippen LogP contribution is -2.60. The molecule has 0 unspecified atom stereocenters. The third kappa shape index (κ3) is 3.98. The van der Waals surface area contributed by atoms with Crippen LogP contribution in [-0.2, 0) is 16.0 Å². The molecule has 6 N–H and O–H groups in total. The topological polar surface area (TPSA) is 165 Å². The molecule has 1 aromatic rings. The summed E-state index contributed by atoms with van der Waals surface area (Å²) < 4.78 is 11.0. The van der Waals surface area contributed by atoms with Crippen molar-refractivity contribution in [2.24, 2.45) is 11.5 Å². The molecule has 144 valence electrons. The van der Waals surface area contributed by atoms with E-state index in [9.17, 15) is 24.5 Å². The molecular weight excluding hydrogens is 357 g/mol. The third-order valence-corrected chi connectivity index (χ3v) is 4.52. The van der Waals surface area contributed by atoms with Crippen molar-refractivity contribution in [2.45, 2.75) is 31.3 Å². The molecule has 10 nitrogen and oxygen atoms in total. The van der Waals surface area contributed by atoms with Crippen molar-refractivity contribution >= 4 is 24.9 Å². The van der Waals surface area contributed by atoms with E-state index in [4.69, 9.17) is 20.9 Å². The fraction of sp³-hybridized carbons (Fsp3) is 0.438. The number of carbonyl (C=O) groups excluding carboxylic acids is 2. The minimum atomic E-state index is -1.23. The number of nitrogens with zero attached hydrogens (tertiary/aromatic N) is 1. The Kier molecular flexibility index (Phi) is 5.24. The van der Waals surface area contributed by atoms with Gasteiger partial charge in [-0.1, -0.05) is 6.07 Å². The fourth-order valence-corrected chi connectivity index (χ4v) is 3.12. The van der Waals surface area contributed by atoms with Gasteiger partial charge >= 0.3 is 13.1 Å². The van der Waals surface area contributed by atoms with Gasteiger partial charge in [0.1, 0.15) is 23.2 Å². The van der Waals surface area contributed by atoms with E-state index in [0.29, 0.717) is 18.3 Å². The second-order valence-electron chi connectivity index (χ2n) is 6.60. The molecule has 1 aromatic carbocycles. The monoisotopic (exact) mass is 377 g/mol. The van der Waals surface area contributed by atoms with E-state index in [1.807, 2.05) is 0 Å². The molecule has 0 radical (unpaired) electrons. The summed E-state index contributed by atoms with van der Waals surface area (Å²) in [6.07, 6.45) is 0.228. The largest absolute Gasteiger partial charge is 0.535 e. The SMILES string of the molecule is NC(=O)C[C@@H](N)C(=O)N1CC(Oc2ccc3c(c2C(=O)O)OB(O)CC3)C1. The standard InChI is InChI=1S/C16H20BN3O7/c18-10(5-12(19)21)15(22)20-6-9(7-20)26-11-2-1-8-3-4-17(25)27-14(8)13(11)16(23)24/h1-2,9-10,25H,3-7,18H2,(H2,19,21)(H,23,24)/t10-/m1/s1. The van der Waals surface area contributed by atoms with E-state index in [1.54, 1.807) is 12.1 Å². The highest BCUT2D eigenvalue weighted by Gasteiger charge is 2.37. The number of nitrogens with two attached hydrogens (primary N) is 2.